The van der Waals surface area contributed by atoms with Crippen molar-refractivity contribution in [3.05, 3.63) is 17.8 Å². The van der Waals surface area contributed by atoms with Crippen LogP contribution in [0.1, 0.15) is 36.2 Å². The van der Waals surface area contributed by atoms with E-state index >= 15 is 0 Å². The molecule has 108 valence electrons. The minimum absolute atomic E-state index is 0.0950. The summed E-state index contributed by atoms with van der Waals surface area (Å²) in [6, 6.07) is 3.99. The number of anilines is 1. The Morgan fingerprint density at radius 1 is 1.20 bits per heavy atom. The molecular formula is C14H20N4OS. The van der Waals surface area contributed by atoms with Crippen LogP contribution in [0.4, 0.5) is 5.82 Å². The van der Waals surface area contributed by atoms with Crippen LogP contribution in [0.25, 0.3) is 0 Å². The lowest BCUT2D eigenvalue weighted by Crippen LogP contribution is -2.37. The minimum atomic E-state index is -0.0950. The topological polar surface area (TPSA) is 58.1 Å². The molecule has 1 aromatic rings. The first-order valence-corrected chi connectivity index (χ1v) is 8.46. The fourth-order valence-corrected chi connectivity index (χ4v) is 3.77. The van der Waals surface area contributed by atoms with Gasteiger partial charge in [0.1, 0.15) is 0 Å². The van der Waals surface area contributed by atoms with Gasteiger partial charge in [0, 0.05) is 19.1 Å². The van der Waals surface area contributed by atoms with Crippen molar-refractivity contribution in [1.82, 2.24) is 15.5 Å². The third-order valence-electron chi connectivity index (χ3n) is 3.87. The highest BCUT2D eigenvalue weighted by molar-refractivity contribution is 7.99. The summed E-state index contributed by atoms with van der Waals surface area (Å²) >= 11 is 1.95. The summed E-state index contributed by atoms with van der Waals surface area (Å²) in [5.41, 5.74) is 0.422. The van der Waals surface area contributed by atoms with Crippen molar-refractivity contribution in [3.8, 4) is 0 Å². The highest BCUT2D eigenvalue weighted by Gasteiger charge is 2.19. The predicted octanol–water partition coefficient (Wildman–Crippen LogP) is 1.70. The van der Waals surface area contributed by atoms with Crippen LogP contribution in [-0.4, -0.2) is 46.7 Å². The average molecular weight is 292 g/mol. The van der Waals surface area contributed by atoms with Crippen molar-refractivity contribution >= 4 is 23.5 Å². The van der Waals surface area contributed by atoms with Gasteiger partial charge < -0.3 is 10.2 Å². The fourth-order valence-electron chi connectivity index (χ4n) is 2.66. The lowest BCUT2D eigenvalue weighted by Gasteiger charge is -2.22. The number of amides is 1. The zero-order valence-electron chi connectivity index (χ0n) is 11.5. The zero-order chi connectivity index (χ0) is 13.8. The van der Waals surface area contributed by atoms with Gasteiger partial charge in [-0.2, -0.15) is 11.8 Å². The van der Waals surface area contributed by atoms with Gasteiger partial charge in [0.2, 0.25) is 0 Å². The van der Waals surface area contributed by atoms with E-state index in [1.54, 1.807) is 6.07 Å². The quantitative estimate of drug-likeness (QED) is 0.919. The van der Waals surface area contributed by atoms with Gasteiger partial charge in [0.15, 0.2) is 11.5 Å². The molecule has 0 spiro atoms. The molecule has 1 amide bonds. The molecule has 0 bridgehead atoms. The maximum Gasteiger partial charge on any atom is 0.272 e. The Labute approximate surface area is 123 Å². The second-order valence-corrected chi connectivity index (χ2v) is 6.56. The molecule has 1 aromatic heterocycles. The molecule has 0 aliphatic carbocycles. The maximum absolute atomic E-state index is 12.1. The molecule has 2 saturated heterocycles. The summed E-state index contributed by atoms with van der Waals surface area (Å²) in [5, 5.41) is 11.3. The summed E-state index contributed by atoms with van der Waals surface area (Å²) in [6.07, 6.45) is 4.53. The maximum atomic E-state index is 12.1. The molecule has 2 fully saturated rings. The molecule has 2 aliphatic rings. The van der Waals surface area contributed by atoms with Gasteiger partial charge >= 0.3 is 0 Å². The van der Waals surface area contributed by atoms with Crippen LogP contribution >= 0.6 is 11.8 Å². The first-order chi connectivity index (χ1) is 9.83. The minimum Gasteiger partial charge on any atom is -0.355 e. The number of thioether (sulfide) groups is 1. The number of nitrogens with zero attached hydrogens (tertiary/aromatic N) is 3. The fraction of sp³-hybridized carbons (Fsp3) is 0.643. The Bertz CT molecular complexity index is 453. The van der Waals surface area contributed by atoms with Crippen molar-refractivity contribution in [2.75, 3.05) is 29.5 Å². The molecule has 3 heterocycles. The molecule has 0 aromatic carbocycles. The Morgan fingerprint density at radius 2 is 1.95 bits per heavy atom. The summed E-state index contributed by atoms with van der Waals surface area (Å²) in [7, 11) is 0. The van der Waals surface area contributed by atoms with Gasteiger partial charge in [-0.3, -0.25) is 4.79 Å². The van der Waals surface area contributed by atoms with Crippen molar-refractivity contribution in [2.45, 2.75) is 31.7 Å². The molecule has 6 heteroatoms. The molecule has 20 heavy (non-hydrogen) atoms. The van der Waals surface area contributed by atoms with E-state index in [1.807, 2.05) is 17.8 Å². The van der Waals surface area contributed by atoms with Crippen LogP contribution in [0.2, 0.25) is 0 Å². The highest BCUT2D eigenvalue weighted by atomic mass is 32.2. The largest absolute Gasteiger partial charge is 0.355 e. The van der Waals surface area contributed by atoms with Gasteiger partial charge in [0.25, 0.3) is 5.91 Å². The predicted molar refractivity (Wildman–Crippen MR) is 81.3 cm³/mol. The summed E-state index contributed by atoms with van der Waals surface area (Å²) < 4.78 is 0. The Morgan fingerprint density at radius 3 is 2.60 bits per heavy atom. The summed E-state index contributed by atoms with van der Waals surface area (Å²) in [6.45, 7) is 2.08. The van der Waals surface area contributed by atoms with Crippen molar-refractivity contribution < 1.29 is 4.79 Å². The zero-order valence-corrected chi connectivity index (χ0v) is 12.4. The lowest BCUT2D eigenvalue weighted by molar-refractivity contribution is 0.0929. The third-order valence-corrected chi connectivity index (χ3v) is 4.92. The van der Waals surface area contributed by atoms with Crippen molar-refractivity contribution in [3.63, 3.8) is 0 Å². The van der Waals surface area contributed by atoms with E-state index in [4.69, 9.17) is 0 Å². The van der Waals surface area contributed by atoms with Crippen molar-refractivity contribution in [2.24, 2.45) is 0 Å². The molecule has 5 nitrogen and oxygen atoms in total. The molecule has 0 atom stereocenters. The van der Waals surface area contributed by atoms with E-state index in [2.05, 4.69) is 20.4 Å². The Balaban J connectivity index is 1.59. The lowest BCUT2D eigenvalue weighted by atomic mass is 10.1. The second-order valence-electron chi connectivity index (χ2n) is 5.33. The van der Waals surface area contributed by atoms with Gasteiger partial charge in [-0.1, -0.05) is 0 Å². The monoisotopic (exact) mass is 292 g/mol. The SMILES string of the molecule is O=C(NC1CCSCC1)c1ccc(N2CCCC2)nn1. The van der Waals surface area contributed by atoms with E-state index in [9.17, 15) is 4.79 Å². The van der Waals surface area contributed by atoms with Gasteiger partial charge in [0.05, 0.1) is 0 Å². The van der Waals surface area contributed by atoms with Crippen LogP contribution in [0.5, 0.6) is 0 Å². The number of hydrogen-bond donors (Lipinski definition) is 1. The molecule has 0 unspecified atom stereocenters. The highest BCUT2D eigenvalue weighted by Crippen LogP contribution is 2.18. The Hall–Kier alpha value is -1.30. The smallest absolute Gasteiger partial charge is 0.272 e. The molecule has 0 saturated carbocycles. The average Bonchev–Trinajstić information content (AvgIpc) is 3.03. The van der Waals surface area contributed by atoms with Crippen LogP contribution in [0, 0.1) is 0 Å². The number of hydrogen-bond acceptors (Lipinski definition) is 5. The number of carbonyl (C=O) groups is 1. The Kier molecular flexibility index (Phi) is 4.40. The van der Waals surface area contributed by atoms with Crippen molar-refractivity contribution in [1.29, 1.82) is 0 Å². The number of aromatic nitrogens is 2. The van der Waals surface area contributed by atoms with Gasteiger partial charge in [-0.25, -0.2) is 0 Å². The van der Waals surface area contributed by atoms with E-state index in [0.29, 0.717) is 11.7 Å². The molecule has 3 rings (SSSR count). The molecule has 2 aliphatic heterocycles. The normalized spacial score (nSPS) is 20.1. The van der Waals surface area contributed by atoms with Crippen LogP contribution < -0.4 is 10.2 Å². The van der Waals surface area contributed by atoms with E-state index in [1.165, 1.54) is 12.8 Å². The second kappa shape index (κ2) is 6.43. The van der Waals surface area contributed by atoms with E-state index < -0.39 is 0 Å². The standard InChI is InChI=1S/C14H20N4OS/c19-14(15-11-5-9-20-10-6-11)12-3-4-13(17-16-12)18-7-1-2-8-18/h3-4,11H,1-2,5-10H2,(H,15,19). The van der Waals surface area contributed by atoms with Gasteiger partial charge in [-0.15, -0.1) is 10.2 Å². The first kappa shape index (κ1) is 13.7. The molecular weight excluding hydrogens is 272 g/mol. The third kappa shape index (κ3) is 3.23. The number of carbonyl (C=O) groups excluding carboxylic acids is 1. The number of nitrogens with one attached hydrogen (secondary N) is 1. The first-order valence-electron chi connectivity index (χ1n) is 7.30. The van der Waals surface area contributed by atoms with Crippen LogP contribution in [-0.2, 0) is 0 Å². The van der Waals surface area contributed by atoms with Crippen LogP contribution in [0.15, 0.2) is 12.1 Å². The molecule has 1 N–H and O–H groups in total. The van der Waals surface area contributed by atoms with Gasteiger partial charge in [-0.05, 0) is 49.3 Å². The van der Waals surface area contributed by atoms with Crippen LogP contribution in [0.3, 0.4) is 0 Å². The van der Waals surface area contributed by atoms with E-state index in [0.717, 1.165) is 43.3 Å². The summed E-state index contributed by atoms with van der Waals surface area (Å²) in [4.78, 5) is 14.3. The summed E-state index contributed by atoms with van der Waals surface area (Å²) in [5.74, 6) is 3.05. The number of rotatable bonds is 3. The van der Waals surface area contributed by atoms with E-state index in [-0.39, 0.29) is 5.91 Å². The molecule has 0 radical (unpaired) electrons.